The summed E-state index contributed by atoms with van der Waals surface area (Å²) in [6.07, 6.45) is 20.9. The van der Waals surface area contributed by atoms with E-state index in [1.807, 2.05) is 0 Å². The molecule has 0 radical (unpaired) electrons. The normalized spacial score (nSPS) is 19.4. The Morgan fingerprint density at radius 3 is 1.84 bits per heavy atom. The zero-order valence-electron chi connectivity index (χ0n) is 21.6. The third-order valence-corrected chi connectivity index (χ3v) is 5.92. The first kappa shape index (κ1) is 27.5. The summed E-state index contributed by atoms with van der Waals surface area (Å²) < 4.78 is 11.5. The van der Waals surface area contributed by atoms with E-state index in [9.17, 15) is 0 Å². The van der Waals surface area contributed by atoms with Gasteiger partial charge in [0.25, 0.3) is 0 Å². The molecule has 0 amide bonds. The van der Waals surface area contributed by atoms with E-state index in [-0.39, 0.29) is 5.60 Å². The van der Waals surface area contributed by atoms with Gasteiger partial charge in [0.1, 0.15) is 6.61 Å². The maximum absolute atomic E-state index is 5.83. The van der Waals surface area contributed by atoms with Crippen molar-refractivity contribution in [1.82, 2.24) is 0 Å². The molecular weight excluding hydrogens is 380 g/mol. The molecule has 1 unspecified atom stereocenters. The van der Waals surface area contributed by atoms with Gasteiger partial charge in [-0.2, -0.15) is 0 Å². The molecule has 1 atom stereocenters. The Hall–Kier alpha value is -1.54. The second-order valence-electron chi connectivity index (χ2n) is 9.96. The summed E-state index contributed by atoms with van der Waals surface area (Å²) in [5, 5.41) is 0. The minimum absolute atomic E-state index is 0.123. The molecule has 1 saturated heterocycles. The fourth-order valence-electron chi connectivity index (χ4n) is 3.53. The lowest BCUT2D eigenvalue weighted by Crippen LogP contribution is -2.02. The Bertz CT molecular complexity index is 682. The van der Waals surface area contributed by atoms with Crippen molar-refractivity contribution in [3.63, 3.8) is 0 Å². The first-order valence-electron chi connectivity index (χ1n) is 12.2. The van der Waals surface area contributed by atoms with Gasteiger partial charge < -0.3 is 9.47 Å². The van der Waals surface area contributed by atoms with Crippen LogP contribution in [0, 0.1) is 0 Å². The predicted molar refractivity (Wildman–Crippen MR) is 136 cm³/mol. The molecule has 0 aromatic heterocycles. The number of hydrogen-bond acceptors (Lipinski definition) is 2. The SMILES string of the molecule is CC(C)=CCC/C(C)=C/CO/C(C)=C\CC/C=C(\C)CC/C=C(\C)CCC1OC1(C)C. The van der Waals surface area contributed by atoms with E-state index >= 15 is 0 Å². The molecule has 2 nitrogen and oxygen atoms in total. The van der Waals surface area contributed by atoms with E-state index in [0.29, 0.717) is 12.7 Å². The number of unbranched alkanes of at least 4 members (excludes halogenated alkanes) is 1. The van der Waals surface area contributed by atoms with E-state index in [1.165, 1.54) is 22.3 Å². The Morgan fingerprint density at radius 1 is 0.710 bits per heavy atom. The van der Waals surface area contributed by atoms with Crippen LogP contribution in [0.3, 0.4) is 0 Å². The largest absolute Gasteiger partial charge is 0.495 e. The lowest BCUT2D eigenvalue weighted by molar-refractivity contribution is 0.247. The van der Waals surface area contributed by atoms with Gasteiger partial charge in [-0.1, -0.05) is 40.5 Å². The third kappa shape index (κ3) is 14.2. The Labute approximate surface area is 193 Å². The first-order chi connectivity index (χ1) is 14.6. The number of ether oxygens (including phenoxy) is 2. The van der Waals surface area contributed by atoms with E-state index in [4.69, 9.17) is 9.47 Å². The van der Waals surface area contributed by atoms with Crippen molar-refractivity contribution in [1.29, 1.82) is 0 Å². The molecule has 0 aliphatic carbocycles. The molecule has 0 bridgehead atoms. The molecule has 2 heteroatoms. The van der Waals surface area contributed by atoms with Gasteiger partial charge in [-0.05, 0) is 119 Å². The molecule has 1 rings (SSSR count). The van der Waals surface area contributed by atoms with Crippen LogP contribution in [0.15, 0.2) is 58.4 Å². The van der Waals surface area contributed by atoms with Crippen LogP contribution in [-0.2, 0) is 9.47 Å². The maximum Gasteiger partial charge on any atom is 0.106 e. The molecular formula is C29H48O2. The lowest BCUT2D eigenvalue weighted by atomic mass is 10.0. The average molecular weight is 429 g/mol. The summed E-state index contributed by atoms with van der Waals surface area (Å²) in [6.45, 7) is 18.1. The van der Waals surface area contributed by atoms with E-state index < -0.39 is 0 Å². The van der Waals surface area contributed by atoms with Crippen LogP contribution < -0.4 is 0 Å². The number of hydrogen-bond donors (Lipinski definition) is 0. The van der Waals surface area contributed by atoms with Crippen LogP contribution in [0.5, 0.6) is 0 Å². The summed E-state index contributed by atoms with van der Waals surface area (Å²) in [5.41, 5.74) is 5.90. The van der Waals surface area contributed by atoms with E-state index in [0.717, 1.165) is 57.1 Å². The van der Waals surface area contributed by atoms with Crippen LogP contribution >= 0.6 is 0 Å². The zero-order chi connectivity index (χ0) is 23.3. The van der Waals surface area contributed by atoms with Gasteiger partial charge in [-0.25, -0.2) is 0 Å². The smallest absolute Gasteiger partial charge is 0.106 e. The van der Waals surface area contributed by atoms with Gasteiger partial charge in [0, 0.05) is 0 Å². The second kappa shape index (κ2) is 14.5. The van der Waals surface area contributed by atoms with Crippen LogP contribution in [0.4, 0.5) is 0 Å². The zero-order valence-corrected chi connectivity index (χ0v) is 21.6. The molecule has 31 heavy (non-hydrogen) atoms. The number of allylic oxidation sites excluding steroid dienone is 9. The Balaban J connectivity index is 2.15. The number of epoxide rings is 1. The fourth-order valence-corrected chi connectivity index (χ4v) is 3.53. The Kier molecular flexibility index (Phi) is 12.9. The van der Waals surface area contributed by atoms with Crippen molar-refractivity contribution >= 4 is 0 Å². The lowest BCUT2D eigenvalue weighted by Gasteiger charge is -2.05. The minimum atomic E-state index is 0.123. The highest BCUT2D eigenvalue weighted by atomic mass is 16.6. The molecule has 0 spiro atoms. The van der Waals surface area contributed by atoms with Crippen molar-refractivity contribution in [2.24, 2.45) is 0 Å². The van der Waals surface area contributed by atoms with Crippen LogP contribution in [0.1, 0.15) is 107 Å². The van der Waals surface area contributed by atoms with Gasteiger partial charge in [-0.15, -0.1) is 0 Å². The van der Waals surface area contributed by atoms with Crippen molar-refractivity contribution in [3.05, 3.63) is 58.4 Å². The minimum Gasteiger partial charge on any atom is -0.495 e. The standard InChI is InChI=1S/C29H48O2/c1-23(2)13-11-15-26(5)21-22-30-27(6)18-10-9-14-24(3)16-12-17-25(4)19-20-28-29(7,8)31-28/h13-14,17-18,21,28H,9-12,15-16,19-20,22H2,1-8H3/b24-14+,25-17+,26-21+,27-18-. The highest BCUT2D eigenvalue weighted by Crippen LogP contribution is 2.38. The van der Waals surface area contributed by atoms with Gasteiger partial charge in [0.15, 0.2) is 0 Å². The molecule has 0 N–H and O–H groups in total. The topological polar surface area (TPSA) is 21.8 Å². The van der Waals surface area contributed by atoms with Crippen LogP contribution in [0.25, 0.3) is 0 Å². The predicted octanol–water partition coefficient (Wildman–Crippen LogP) is 9.01. The summed E-state index contributed by atoms with van der Waals surface area (Å²) in [7, 11) is 0. The average Bonchev–Trinajstić information content (AvgIpc) is 3.30. The molecule has 1 aliphatic rings. The van der Waals surface area contributed by atoms with E-state index in [2.05, 4.69) is 85.8 Å². The summed E-state index contributed by atoms with van der Waals surface area (Å²) in [4.78, 5) is 0. The maximum atomic E-state index is 5.83. The van der Waals surface area contributed by atoms with Gasteiger partial charge in [-0.3, -0.25) is 0 Å². The molecule has 176 valence electrons. The fraction of sp³-hybridized carbons (Fsp3) is 0.655. The summed E-state index contributed by atoms with van der Waals surface area (Å²) in [6, 6.07) is 0. The number of rotatable bonds is 15. The van der Waals surface area contributed by atoms with Crippen LogP contribution in [-0.4, -0.2) is 18.3 Å². The van der Waals surface area contributed by atoms with Crippen LogP contribution in [0.2, 0.25) is 0 Å². The van der Waals surface area contributed by atoms with Gasteiger partial charge >= 0.3 is 0 Å². The quantitative estimate of drug-likeness (QED) is 0.112. The summed E-state index contributed by atoms with van der Waals surface area (Å²) in [5.74, 6) is 1.03. The molecule has 0 saturated carbocycles. The molecule has 1 fully saturated rings. The van der Waals surface area contributed by atoms with Crippen molar-refractivity contribution in [3.8, 4) is 0 Å². The highest BCUT2D eigenvalue weighted by molar-refractivity contribution is 5.06. The first-order valence-corrected chi connectivity index (χ1v) is 12.2. The summed E-state index contributed by atoms with van der Waals surface area (Å²) >= 11 is 0. The van der Waals surface area contributed by atoms with Gasteiger partial charge in [0.05, 0.1) is 17.5 Å². The molecule has 0 aromatic carbocycles. The van der Waals surface area contributed by atoms with Crippen molar-refractivity contribution in [2.75, 3.05) is 6.61 Å². The van der Waals surface area contributed by atoms with Gasteiger partial charge in [0.2, 0.25) is 0 Å². The van der Waals surface area contributed by atoms with E-state index in [1.54, 1.807) is 0 Å². The van der Waals surface area contributed by atoms with Crippen molar-refractivity contribution < 1.29 is 9.47 Å². The van der Waals surface area contributed by atoms with Crippen molar-refractivity contribution in [2.45, 2.75) is 118 Å². The second-order valence-corrected chi connectivity index (χ2v) is 9.96. The highest BCUT2D eigenvalue weighted by Gasteiger charge is 2.46. The third-order valence-electron chi connectivity index (χ3n) is 5.92. The molecule has 1 aliphatic heterocycles. The monoisotopic (exact) mass is 428 g/mol. The Morgan fingerprint density at radius 2 is 1.23 bits per heavy atom. The molecule has 1 heterocycles. The molecule has 0 aromatic rings.